The Balaban J connectivity index is 1.98. The predicted molar refractivity (Wildman–Crippen MR) is 71.3 cm³/mol. The van der Waals surface area contributed by atoms with E-state index in [2.05, 4.69) is 12.2 Å². The standard InChI is InChI=1S/C15H23NO/c1-2-15(10-5-6-12-16-15)11-9-13-7-3-4-8-14(13)17/h3-4,7-8,16-17H,2,5-6,9-12H2,1H3. The largest absolute Gasteiger partial charge is 0.508 e. The summed E-state index contributed by atoms with van der Waals surface area (Å²) in [4.78, 5) is 0. The van der Waals surface area contributed by atoms with Crippen LogP contribution in [0.2, 0.25) is 0 Å². The smallest absolute Gasteiger partial charge is 0.118 e. The van der Waals surface area contributed by atoms with E-state index in [4.69, 9.17) is 0 Å². The van der Waals surface area contributed by atoms with E-state index in [1.807, 2.05) is 18.2 Å². The molecule has 0 spiro atoms. The fourth-order valence-electron chi connectivity index (χ4n) is 2.82. The summed E-state index contributed by atoms with van der Waals surface area (Å²) in [6.07, 6.45) is 7.19. The first-order chi connectivity index (χ1) is 8.26. The Morgan fingerprint density at radius 1 is 1.29 bits per heavy atom. The molecular formula is C15H23NO. The molecule has 1 saturated heterocycles. The molecule has 17 heavy (non-hydrogen) atoms. The van der Waals surface area contributed by atoms with Crippen molar-refractivity contribution in [3.05, 3.63) is 29.8 Å². The fourth-order valence-corrected chi connectivity index (χ4v) is 2.82. The molecule has 2 nitrogen and oxygen atoms in total. The van der Waals surface area contributed by atoms with Crippen LogP contribution in [0.1, 0.15) is 44.6 Å². The van der Waals surface area contributed by atoms with E-state index in [0.717, 1.165) is 24.9 Å². The van der Waals surface area contributed by atoms with Crippen molar-refractivity contribution < 1.29 is 5.11 Å². The van der Waals surface area contributed by atoms with Gasteiger partial charge in [-0.05, 0) is 50.3 Å². The van der Waals surface area contributed by atoms with Crippen molar-refractivity contribution in [3.8, 4) is 5.75 Å². The molecule has 0 amide bonds. The molecule has 0 aliphatic carbocycles. The van der Waals surface area contributed by atoms with E-state index in [0.29, 0.717) is 11.3 Å². The van der Waals surface area contributed by atoms with Gasteiger partial charge >= 0.3 is 0 Å². The second-order valence-corrected chi connectivity index (χ2v) is 5.15. The average molecular weight is 233 g/mol. The number of aromatic hydroxyl groups is 1. The van der Waals surface area contributed by atoms with E-state index >= 15 is 0 Å². The van der Waals surface area contributed by atoms with Gasteiger partial charge in [0.1, 0.15) is 5.75 Å². The Kier molecular flexibility index (Phi) is 4.06. The van der Waals surface area contributed by atoms with Crippen molar-refractivity contribution in [1.82, 2.24) is 5.32 Å². The number of hydrogen-bond acceptors (Lipinski definition) is 2. The Bertz CT molecular complexity index is 356. The van der Waals surface area contributed by atoms with Gasteiger partial charge in [0, 0.05) is 5.54 Å². The van der Waals surface area contributed by atoms with Crippen LogP contribution in [0.25, 0.3) is 0 Å². The molecule has 2 rings (SSSR count). The minimum absolute atomic E-state index is 0.306. The van der Waals surface area contributed by atoms with Crippen molar-refractivity contribution >= 4 is 0 Å². The molecule has 0 bridgehead atoms. The van der Waals surface area contributed by atoms with Gasteiger partial charge in [0.05, 0.1) is 0 Å². The summed E-state index contributed by atoms with van der Waals surface area (Å²) in [7, 11) is 0. The highest BCUT2D eigenvalue weighted by atomic mass is 16.3. The Hall–Kier alpha value is -1.02. The van der Waals surface area contributed by atoms with Gasteiger partial charge in [-0.2, -0.15) is 0 Å². The molecule has 0 radical (unpaired) electrons. The van der Waals surface area contributed by atoms with Crippen LogP contribution in [0.15, 0.2) is 24.3 Å². The van der Waals surface area contributed by atoms with E-state index < -0.39 is 0 Å². The van der Waals surface area contributed by atoms with E-state index in [-0.39, 0.29) is 0 Å². The van der Waals surface area contributed by atoms with Gasteiger partial charge in [0.25, 0.3) is 0 Å². The quantitative estimate of drug-likeness (QED) is 0.836. The SMILES string of the molecule is CCC1(CCc2ccccc2O)CCCCN1. The molecule has 1 fully saturated rings. The number of phenols is 1. The van der Waals surface area contributed by atoms with Crippen molar-refractivity contribution in [2.24, 2.45) is 0 Å². The number of para-hydroxylation sites is 1. The summed E-state index contributed by atoms with van der Waals surface area (Å²) in [5, 5.41) is 13.5. The van der Waals surface area contributed by atoms with Gasteiger partial charge in [-0.3, -0.25) is 0 Å². The summed E-state index contributed by atoms with van der Waals surface area (Å²) >= 11 is 0. The first-order valence-electron chi connectivity index (χ1n) is 6.78. The van der Waals surface area contributed by atoms with Crippen LogP contribution in [0.4, 0.5) is 0 Å². The van der Waals surface area contributed by atoms with Crippen molar-refractivity contribution in [2.75, 3.05) is 6.54 Å². The van der Waals surface area contributed by atoms with Gasteiger partial charge in [0.2, 0.25) is 0 Å². The molecule has 94 valence electrons. The molecule has 1 aromatic rings. The summed E-state index contributed by atoms with van der Waals surface area (Å²) in [6.45, 7) is 3.41. The number of aryl methyl sites for hydroxylation is 1. The first kappa shape index (κ1) is 12.4. The van der Waals surface area contributed by atoms with Gasteiger partial charge in [-0.15, -0.1) is 0 Å². The summed E-state index contributed by atoms with van der Waals surface area (Å²) in [6, 6.07) is 7.69. The molecule has 1 atom stereocenters. The third-order valence-electron chi connectivity index (χ3n) is 4.12. The topological polar surface area (TPSA) is 32.3 Å². The van der Waals surface area contributed by atoms with E-state index in [1.165, 1.54) is 25.7 Å². The normalized spacial score (nSPS) is 24.8. The highest BCUT2D eigenvalue weighted by molar-refractivity contribution is 5.32. The molecule has 1 aliphatic heterocycles. The number of benzene rings is 1. The van der Waals surface area contributed by atoms with E-state index in [9.17, 15) is 5.11 Å². The number of hydrogen-bond donors (Lipinski definition) is 2. The van der Waals surface area contributed by atoms with Gasteiger partial charge in [0.15, 0.2) is 0 Å². The minimum Gasteiger partial charge on any atom is -0.508 e. The third kappa shape index (κ3) is 3.01. The number of nitrogens with one attached hydrogen (secondary N) is 1. The monoisotopic (exact) mass is 233 g/mol. The van der Waals surface area contributed by atoms with Crippen LogP contribution in [0.3, 0.4) is 0 Å². The lowest BCUT2D eigenvalue weighted by molar-refractivity contribution is 0.228. The Morgan fingerprint density at radius 3 is 2.76 bits per heavy atom. The zero-order chi connectivity index (χ0) is 12.1. The van der Waals surface area contributed by atoms with Crippen molar-refractivity contribution in [2.45, 2.75) is 51.0 Å². The number of piperidine rings is 1. The molecule has 0 aromatic heterocycles. The molecule has 0 saturated carbocycles. The molecular weight excluding hydrogens is 210 g/mol. The lowest BCUT2D eigenvalue weighted by atomic mass is 9.81. The Labute approximate surface area is 104 Å². The lowest BCUT2D eigenvalue weighted by Gasteiger charge is -2.38. The van der Waals surface area contributed by atoms with Crippen LogP contribution in [0.5, 0.6) is 5.75 Å². The molecule has 1 aliphatic rings. The highest BCUT2D eigenvalue weighted by Gasteiger charge is 2.29. The summed E-state index contributed by atoms with van der Waals surface area (Å²) in [5.41, 5.74) is 1.38. The van der Waals surface area contributed by atoms with Crippen LogP contribution >= 0.6 is 0 Å². The summed E-state index contributed by atoms with van der Waals surface area (Å²) < 4.78 is 0. The first-order valence-corrected chi connectivity index (χ1v) is 6.78. The third-order valence-corrected chi connectivity index (χ3v) is 4.12. The van der Waals surface area contributed by atoms with Gasteiger partial charge in [-0.25, -0.2) is 0 Å². The second-order valence-electron chi connectivity index (χ2n) is 5.15. The summed E-state index contributed by atoms with van der Waals surface area (Å²) in [5.74, 6) is 0.439. The van der Waals surface area contributed by atoms with Crippen LogP contribution in [-0.2, 0) is 6.42 Å². The second kappa shape index (κ2) is 5.54. The lowest BCUT2D eigenvalue weighted by Crippen LogP contribution is -2.48. The molecule has 1 unspecified atom stereocenters. The van der Waals surface area contributed by atoms with Gasteiger partial charge in [-0.1, -0.05) is 31.5 Å². The average Bonchev–Trinajstić information content (AvgIpc) is 2.39. The fraction of sp³-hybridized carbons (Fsp3) is 0.600. The maximum atomic E-state index is 9.78. The maximum absolute atomic E-state index is 9.78. The Morgan fingerprint density at radius 2 is 2.12 bits per heavy atom. The van der Waals surface area contributed by atoms with Crippen LogP contribution in [-0.4, -0.2) is 17.2 Å². The molecule has 1 heterocycles. The highest BCUT2D eigenvalue weighted by Crippen LogP contribution is 2.29. The molecule has 1 aromatic carbocycles. The van der Waals surface area contributed by atoms with Crippen molar-refractivity contribution in [3.63, 3.8) is 0 Å². The maximum Gasteiger partial charge on any atom is 0.118 e. The minimum atomic E-state index is 0.306. The molecule has 2 heteroatoms. The zero-order valence-electron chi connectivity index (χ0n) is 10.7. The molecule has 2 N–H and O–H groups in total. The predicted octanol–water partition coefficient (Wildman–Crippen LogP) is 3.25. The van der Waals surface area contributed by atoms with Crippen LogP contribution < -0.4 is 5.32 Å². The van der Waals surface area contributed by atoms with Gasteiger partial charge < -0.3 is 10.4 Å². The number of phenolic OH excluding ortho intramolecular Hbond substituents is 1. The zero-order valence-corrected chi connectivity index (χ0v) is 10.7. The van der Waals surface area contributed by atoms with Crippen LogP contribution in [0, 0.1) is 0 Å². The number of rotatable bonds is 4. The van der Waals surface area contributed by atoms with Crippen molar-refractivity contribution in [1.29, 1.82) is 0 Å². The van der Waals surface area contributed by atoms with E-state index in [1.54, 1.807) is 6.07 Å².